The summed E-state index contributed by atoms with van der Waals surface area (Å²) in [4.78, 5) is 2.57. The molecule has 5 aromatic carbocycles. The SMILES string of the molecule is Clc1cccc2c1C(c1ccccc1)(c1ccccc1)c1c(-c3ccccc3)sc(-c3ccccc3)c1-2. The van der Waals surface area contributed by atoms with E-state index in [-0.39, 0.29) is 0 Å². The average molecular weight is 511 g/mol. The molecule has 0 N–H and O–H groups in total. The lowest BCUT2D eigenvalue weighted by molar-refractivity contribution is 0.773. The lowest BCUT2D eigenvalue weighted by Crippen LogP contribution is -2.29. The maximum absolute atomic E-state index is 7.20. The Morgan fingerprint density at radius 3 is 1.49 bits per heavy atom. The third-order valence-corrected chi connectivity index (χ3v) is 9.03. The van der Waals surface area contributed by atoms with Crippen LogP contribution in [0.5, 0.6) is 0 Å². The average Bonchev–Trinajstić information content (AvgIpc) is 3.51. The molecule has 6 aromatic rings. The fourth-order valence-electron chi connectivity index (χ4n) is 5.99. The van der Waals surface area contributed by atoms with Gasteiger partial charge in [0.1, 0.15) is 0 Å². The Balaban J connectivity index is 1.72. The summed E-state index contributed by atoms with van der Waals surface area (Å²) in [6.45, 7) is 0. The second-order valence-electron chi connectivity index (χ2n) is 9.39. The Labute approximate surface area is 226 Å². The topological polar surface area (TPSA) is 0 Å². The molecule has 1 aliphatic rings. The molecule has 0 amide bonds. The van der Waals surface area contributed by atoms with E-state index in [1.165, 1.54) is 54.3 Å². The number of halogens is 1. The summed E-state index contributed by atoms with van der Waals surface area (Å²) < 4.78 is 0. The summed E-state index contributed by atoms with van der Waals surface area (Å²) in [6.07, 6.45) is 0. The summed E-state index contributed by atoms with van der Waals surface area (Å²) in [5.41, 5.74) is 9.37. The maximum Gasteiger partial charge on any atom is 0.0742 e. The number of hydrogen-bond acceptors (Lipinski definition) is 1. The van der Waals surface area contributed by atoms with E-state index >= 15 is 0 Å². The highest BCUT2D eigenvalue weighted by molar-refractivity contribution is 7.19. The molecule has 37 heavy (non-hydrogen) atoms. The van der Waals surface area contributed by atoms with Gasteiger partial charge in [-0.25, -0.2) is 0 Å². The van der Waals surface area contributed by atoms with Gasteiger partial charge in [0.25, 0.3) is 0 Å². The molecule has 0 atom stereocenters. The minimum Gasteiger partial charge on any atom is -0.134 e. The number of hydrogen-bond donors (Lipinski definition) is 0. The van der Waals surface area contributed by atoms with Crippen molar-refractivity contribution < 1.29 is 0 Å². The normalized spacial score (nSPS) is 13.2. The number of benzene rings is 5. The predicted octanol–water partition coefficient (Wildman–Crippen LogP) is 10.1. The highest BCUT2D eigenvalue weighted by Gasteiger charge is 2.51. The van der Waals surface area contributed by atoms with Crippen LogP contribution in [0, 0.1) is 0 Å². The van der Waals surface area contributed by atoms with Gasteiger partial charge in [0.15, 0.2) is 0 Å². The minimum atomic E-state index is -0.541. The number of fused-ring (bicyclic) bond motifs is 3. The lowest BCUT2D eigenvalue weighted by Gasteiger charge is -2.34. The predicted molar refractivity (Wildman–Crippen MR) is 158 cm³/mol. The smallest absolute Gasteiger partial charge is 0.0742 e. The van der Waals surface area contributed by atoms with Gasteiger partial charge in [-0.15, -0.1) is 11.3 Å². The van der Waals surface area contributed by atoms with Crippen LogP contribution >= 0.6 is 22.9 Å². The van der Waals surface area contributed by atoms with Gasteiger partial charge in [-0.2, -0.15) is 0 Å². The largest absolute Gasteiger partial charge is 0.134 e. The van der Waals surface area contributed by atoms with Crippen LogP contribution in [-0.4, -0.2) is 0 Å². The molecule has 0 aliphatic heterocycles. The van der Waals surface area contributed by atoms with Gasteiger partial charge < -0.3 is 0 Å². The molecule has 0 saturated carbocycles. The highest BCUT2D eigenvalue weighted by atomic mass is 35.5. The lowest BCUT2D eigenvalue weighted by atomic mass is 9.67. The van der Waals surface area contributed by atoms with Crippen LogP contribution in [-0.2, 0) is 5.41 Å². The van der Waals surface area contributed by atoms with Crippen molar-refractivity contribution >= 4 is 22.9 Å². The molecule has 0 bridgehead atoms. The van der Waals surface area contributed by atoms with E-state index < -0.39 is 5.41 Å². The summed E-state index contributed by atoms with van der Waals surface area (Å²) in [5, 5.41) is 0.796. The Bertz CT molecular complexity index is 1660. The van der Waals surface area contributed by atoms with E-state index in [0.717, 1.165) is 5.02 Å². The zero-order valence-corrected chi connectivity index (χ0v) is 21.6. The molecule has 0 nitrogen and oxygen atoms in total. The molecule has 0 radical (unpaired) electrons. The number of thiophene rings is 1. The molecule has 0 spiro atoms. The highest BCUT2D eigenvalue weighted by Crippen LogP contribution is 2.65. The van der Waals surface area contributed by atoms with Gasteiger partial charge in [0, 0.05) is 20.3 Å². The van der Waals surface area contributed by atoms with Crippen molar-refractivity contribution in [3.8, 4) is 32.0 Å². The molecule has 0 saturated heterocycles. The van der Waals surface area contributed by atoms with Crippen LogP contribution in [0.3, 0.4) is 0 Å². The van der Waals surface area contributed by atoms with Crippen molar-refractivity contribution in [1.82, 2.24) is 0 Å². The van der Waals surface area contributed by atoms with Gasteiger partial charge in [0.05, 0.1) is 5.41 Å². The van der Waals surface area contributed by atoms with Gasteiger partial charge in [-0.05, 0) is 45.0 Å². The fraction of sp³-hybridized carbons (Fsp3) is 0.0286. The van der Waals surface area contributed by atoms with Crippen LogP contribution in [0.15, 0.2) is 140 Å². The molecular weight excluding hydrogens is 488 g/mol. The van der Waals surface area contributed by atoms with E-state index in [9.17, 15) is 0 Å². The third kappa shape index (κ3) is 3.28. The Morgan fingerprint density at radius 2 is 0.946 bits per heavy atom. The third-order valence-electron chi connectivity index (χ3n) is 7.43. The van der Waals surface area contributed by atoms with E-state index in [0.29, 0.717) is 0 Å². The number of rotatable bonds is 4. The van der Waals surface area contributed by atoms with E-state index in [4.69, 9.17) is 11.6 Å². The zero-order chi connectivity index (χ0) is 24.8. The van der Waals surface area contributed by atoms with E-state index in [1.54, 1.807) is 0 Å². The zero-order valence-electron chi connectivity index (χ0n) is 20.1. The molecule has 7 rings (SSSR count). The van der Waals surface area contributed by atoms with Crippen molar-refractivity contribution in [2.24, 2.45) is 0 Å². The first kappa shape index (κ1) is 22.3. The van der Waals surface area contributed by atoms with E-state index in [1.807, 2.05) is 17.4 Å². The second kappa shape index (κ2) is 8.88. The maximum atomic E-state index is 7.20. The molecule has 1 aromatic heterocycles. The van der Waals surface area contributed by atoms with Crippen molar-refractivity contribution in [1.29, 1.82) is 0 Å². The first-order valence-electron chi connectivity index (χ1n) is 12.5. The quantitative estimate of drug-likeness (QED) is 0.221. The van der Waals surface area contributed by atoms with Gasteiger partial charge >= 0.3 is 0 Å². The molecule has 0 fully saturated rings. The Kier molecular flexibility index (Phi) is 5.35. The van der Waals surface area contributed by atoms with E-state index in [2.05, 4.69) is 133 Å². The van der Waals surface area contributed by atoms with Gasteiger partial charge in [-0.1, -0.05) is 145 Å². The second-order valence-corrected chi connectivity index (χ2v) is 10.8. The van der Waals surface area contributed by atoms with Crippen molar-refractivity contribution in [3.05, 3.63) is 167 Å². The molecule has 2 heteroatoms. The van der Waals surface area contributed by atoms with Crippen LogP contribution < -0.4 is 0 Å². The van der Waals surface area contributed by atoms with Crippen LogP contribution in [0.4, 0.5) is 0 Å². The standard InChI is InChI=1S/C35H23ClS/c36-29-23-13-22-28-30-32(34(25-16-7-2-8-17-25)37-33(30)24-14-5-1-6-15-24)35(31(28)29,26-18-9-3-10-19-26)27-20-11-4-12-21-27/h1-23H. The Hall–Kier alpha value is -3.91. The van der Waals surface area contributed by atoms with Gasteiger partial charge in [-0.3, -0.25) is 0 Å². The van der Waals surface area contributed by atoms with Crippen molar-refractivity contribution in [2.75, 3.05) is 0 Å². The minimum absolute atomic E-state index is 0.541. The molecule has 0 unspecified atom stereocenters. The van der Waals surface area contributed by atoms with Crippen LogP contribution in [0.25, 0.3) is 32.0 Å². The fourth-order valence-corrected chi connectivity index (χ4v) is 7.69. The first-order valence-corrected chi connectivity index (χ1v) is 13.7. The van der Waals surface area contributed by atoms with Crippen LogP contribution in [0.1, 0.15) is 22.3 Å². The molecular formula is C35H23ClS. The Morgan fingerprint density at radius 1 is 0.459 bits per heavy atom. The summed E-state index contributed by atoms with van der Waals surface area (Å²) in [6, 6.07) is 49.7. The first-order chi connectivity index (χ1) is 18.3. The van der Waals surface area contributed by atoms with Crippen molar-refractivity contribution in [3.63, 3.8) is 0 Å². The van der Waals surface area contributed by atoms with Crippen molar-refractivity contribution in [2.45, 2.75) is 5.41 Å². The summed E-state index contributed by atoms with van der Waals surface area (Å²) in [7, 11) is 0. The molecule has 1 heterocycles. The molecule has 1 aliphatic carbocycles. The summed E-state index contributed by atoms with van der Waals surface area (Å²) >= 11 is 9.09. The van der Waals surface area contributed by atoms with Crippen LogP contribution in [0.2, 0.25) is 5.02 Å². The summed E-state index contributed by atoms with van der Waals surface area (Å²) in [5.74, 6) is 0. The monoisotopic (exact) mass is 510 g/mol. The van der Waals surface area contributed by atoms with Gasteiger partial charge in [0.2, 0.25) is 0 Å². The molecule has 176 valence electrons.